The van der Waals surface area contributed by atoms with Gasteiger partial charge in [-0.25, -0.2) is 13.6 Å². The molecule has 1 aromatic carbocycles. The number of primary sulfonamides is 1. The highest BCUT2D eigenvalue weighted by Gasteiger charge is 2.54. The van der Waals surface area contributed by atoms with Crippen LogP contribution in [-0.4, -0.2) is 26.8 Å². The zero-order valence-corrected chi connectivity index (χ0v) is 16.6. The van der Waals surface area contributed by atoms with E-state index in [0.29, 0.717) is 30.0 Å². The van der Waals surface area contributed by atoms with Crippen LogP contribution in [0.3, 0.4) is 0 Å². The van der Waals surface area contributed by atoms with Crippen LogP contribution in [0.25, 0.3) is 0 Å². The second kappa shape index (κ2) is 7.15. The van der Waals surface area contributed by atoms with Gasteiger partial charge >= 0.3 is 0 Å². The van der Waals surface area contributed by atoms with Gasteiger partial charge in [0.15, 0.2) is 0 Å². The molecular formula is C20H27N3O4S. The Kier molecular flexibility index (Phi) is 4.95. The Morgan fingerprint density at radius 2 is 1.54 bits per heavy atom. The molecule has 0 spiro atoms. The molecular weight excluding hydrogens is 378 g/mol. The number of anilines is 1. The molecule has 28 heavy (non-hydrogen) atoms. The third-order valence-corrected chi connectivity index (χ3v) is 7.55. The van der Waals surface area contributed by atoms with Crippen LogP contribution in [0.4, 0.5) is 5.69 Å². The minimum Gasteiger partial charge on any atom is -0.355 e. The highest BCUT2D eigenvalue weighted by atomic mass is 32.2. The number of rotatable bonds is 6. The normalized spacial score (nSPS) is 30.8. The number of nitrogens with two attached hydrogens (primary N) is 1. The molecule has 4 aliphatic rings. The van der Waals surface area contributed by atoms with Gasteiger partial charge in [-0.05, 0) is 80.5 Å². The number of carbonyl (C=O) groups excluding carboxylic acids is 2. The van der Waals surface area contributed by atoms with Crippen molar-refractivity contribution in [2.24, 2.45) is 28.3 Å². The van der Waals surface area contributed by atoms with Gasteiger partial charge in [-0.2, -0.15) is 0 Å². The summed E-state index contributed by atoms with van der Waals surface area (Å²) in [6.07, 6.45) is 7.07. The fourth-order valence-corrected chi connectivity index (χ4v) is 6.33. The van der Waals surface area contributed by atoms with E-state index in [0.717, 1.165) is 19.3 Å². The lowest BCUT2D eigenvalue weighted by Gasteiger charge is -2.55. The summed E-state index contributed by atoms with van der Waals surface area (Å²) in [5.41, 5.74) is 0.291. The van der Waals surface area contributed by atoms with Crippen LogP contribution < -0.4 is 15.8 Å². The van der Waals surface area contributed by atoms with Gasteiger partial charge in [0.1, 0.15) is 0 Å². The lowest BCUT2D eigenvalue weighted by molar-refractivity contribution is -0.146. The van der Waals surface area contributed by atoms with Crippen molar-refractivity contribution in [2.45, 2.75) is 49.8 Å². The highest BCUT2D eigenvalue weighted by molar-refractivity contribution is 7.89. The minimum absolute atomic E-state index is 0.00617. The van der Waals surface area contributed by atoms with Crippen LogP contribution in [0.1, 0.15) is 44.9 Å². The summed E-state index contributed by atoms with van der Waals surface area (Å²) in [5.74, 6) is 2.02. The van der Waals surface area contributed by atoms with E-state index in [9.17, 15) is 18.0 Å². The third kappa shape index (κ3) is 3.93. The van der Waals surface area contributed by atoms with E-state index in [1.165, 1.54) is 43.5 Å². The Morgan fingerprint density at radius 3 is 2.04 bits per heavy atom. The van der Waals surface area contributed by atoms with Crippen molar-refractivity contribution >= 4 is 27.5 Å². The van der Waals surface area contributed by atoms with E-state index in [2.05, 4.69) is 10.6 Å². The van der Waals surface area contributed by atoms with Gasteiger partial charge in [-0.1, -0.05) is 0 Å². The van der Waals surface area contributed by atoms with Crippen molar-refractivity contribution in [1.29, 1.82) is 0 Å². The molecule has 0 aromatic heterocycles. The SMILES string of the molecule is NS(=O)(=O)c1ccc(NC(=O)CCNC(=O)C23CC4CC(CC(C4)C2)C3)cc1. The maximum absolute atomic E-state index is 12.9. The molecule has 4 aliphatic carbocycles. The van der Waals surface area contributed by atoms with Gasteiger partial charge in [0.25, 0.3) is 0 Å². The number of hydrogen-bond donors (Lipinski definition) is 3. The number of carbonyl (C=O) groups is 2. The molecule has 8 heteroatoms. The summed E-state index contributed by atoms with van der Waals surface area (Å²) in [7, 11) is -3.75. The Balaban J connectivity index is 1.26. The van der Waals surface area contributed by atoms with Crippen LogP contribution in [0.5, 0.6) is 0 Å². The summed E-state index contributed by atoms with van der Waals surface area (Å²) in [6.45, 7) is 0.307. The van der Waals surface area contributed by atoms with Crippen LogP contribution >= 0.6 is 0 Å². The molecule has 7 nitrogen and oxygen atoms in total. The van der Waals surface area contributed by atoms with Crippen LogP contribution in [0.15, 0.2) is 29.2 Å². The first-order valence-corrected chi connectivity index (χ1v) is 11.5. The lowest BCUT2D eigenvalue weighted by Crippen LogP contribution is -2.53. The van der Waals surface area contributed by atoms with Gasteiger partial charge in [-0.15, -0.1) is 0 Å². The van der Waals surface area contributed by atoms with Crippen molar-refractivity contribution in [3.63, 3.8) is 0 Å². The van der Waals surface area contributed by atoms with Crippen LogP contribution in [0.2, 0.25) is 0 Å². The zero-order valence-electron chi connectivity index (χ0n) is 15.8. The molecule has 152 valence electrons. The standard InChI is InChI=1S/C20H27N3O4S/c21-28(26,27)17-3-1-16(2-4-17)23-18(24)5-6-22-19(25)20-10-13-7-14(11-20)9-15(8-13)12-20/h1-4,13-15H,5-12H2,(H,22,25)(H,23,24)(H2,21,26,27). The topological polar surface area (TPSA) is 118 Å². The zero-order chi connectivity index (χ0) is 19.9. The second-order valence-electron chi connectivity index (χ2n) is 8.82. The van der Waals surface area contributed by atoms with Crippen LogP contribution in [0, 0.1) is 23.2 Å². The molecule has 4 fully saturated rings. The predicted octanol–water partition coefficient (Wildman–Crippen LogP) is 2.00. The monoisotopic (exact) mass is 405 g/mol. The first kappa shape index (κ1) is 19.4. The Hall–Kier alpha value is -1.93. The highest BCUT2D eigenvalue weighted by Crippen LogP contribution is 2.60. The number of sulfonamides is 1. The largest absolute Gasteiger partial charge is 0.355 e. The molecule has 4 bridgehead atoms. The first-order chi connectivity index (χ1) is 13.2. The molecule has 4 saturated carbocycles. The maximum atomic E-state index is 12.9. The molecule has 4 N–H and O–H groups in total. The molecule has 0 saturated heterocycles. The summed E-state index contributed by atoms with van der Waals surface area (Å²) >= 11 is 0. The van der Waals surface area contributed by atoms with Crippen LogP contribution in [-0.2, 0) is 19.6 Å². The first-order valence-electron chi connectivity index (χ1n) is 9.94. The average molecular weight is 406 g/mol. The minimum atomic E-state index is -3.75. The summed E-state index contributed by atoms with van der Waals surface area (Å²) in [6, 6.07) is 5.68. The van der Waals surface area contributed by atoms with E-state index >= 15 is 0 Å². The third-order valence-electron chi connectivity index (χ3n) is 6.62. The maximum Gasteiger partial charge on any atom is 0.238 e. The van der Waals surface area contributed by atoms with Crippen molar-refractivity contribution in [3.8, 4) is 0 Å². The van der Waals surface area contributed by atoms with E-state index in [4.69, 9.17) is 5.14 Å². The smallest absolute Gasteiger partial charge is 0.238 e. The summed E-state index contributed by atoms with van der Waals surface area (Å²) in [4.78, 5) is 25.0. The van der Waals surface area contributed by atoms with E-state index in [1.54, 1.807) is 0 Å². The number of amides is 2. The van der Waals surface area contributed by atoms with Gasteiger partial charge < -0.3 is 10.6 Å². The molecule has 0 unspecified atom stereocenters. The molecule has 0 aliphatic heterocycles. The molecule has 0 heterocycles. The molecule has 1 aromatic rings. The quantitative estimate of drug-likeness (QED) is 0.671. The van der Waals surface area contributed by atoms with E-state index in [1.807, 2.05) is 0 Å². The van der Waals surface area contributed by atoms with Gasteiger partial charge in [0, 0.05) is 24.1 Å². The Labute approximate surface area is 165 Å². The predicted molar refractivity (Wildman–Crippen MR) is 105 cm³/mol. The molecule has 2 amide bonds. The van der Waals surface area contributed by atoms with Crippen molar-refractivity contribution < 1.29 is 18.0 Å². The summed E-state index contributed by atoms with van der Waals surface area (Å²) in [5, 5.41) is 10.7. The lowest BCUT2D eigenvalue weighted by atomic mass is 9.49. The van der Waals surface area contributed by atoms with Gasteiger partial charge in [0.2, 0.25) is 21.8 Å². The van der Waals surface area contributed by atoms with Gasteiger partial charge in [0.05, 0.1) is 4.90 Å². The molecule has 0 radical (unpaired) electrons. The number of nitrogens with one attached hydrogen (secondary N) is 2. The number of benzene rings is 1. The fraction of sp³-hybridized carbons (Fsp3) is 0.600. The van der Waals surface area contributed by atoms with Crippen molar-refractivity contribution in [2.75, 3.05) is 11.9 Å². The fourth-order valence-electron chi connectivity index (χ4n) is 5.82. The average Bonchev–Trinajstić information content (AvgIpc) is 2.60. The van der Waals surface area contributed by atoms with Crippen molar-refractivity contribution in [3.05, 3.63) is 24.3 Å². The summed E-state index contributed by atoms with van der Waals surface area (Å²) < 4.78 is 22.5. The van der Waals surface area contributed by atoms with Gasteiger partial charge in [-0.3, -0.25) is 9.59 Å². The Morgan fingerprint density at radius 1 is 1.00 bits per heavy atom. The number of hydrogen-bond acceptors (Lipinski definition) is 4. The molecule has 0 atom stereocenters. The van der Waals surface area contributed by atoms with E-state index < -0.39 is 10.0 Å². The molecule has 5 rings (SSSR count). The van der Waals surface area contributed by atoms with Crippen molar-refractivity contribution in [1.82, 2.24) is 5.32 Å². The Bertz CT molecular complexity index is 844. The second-order valence-corrected chi connectivity index (χ2v) is 10.4. The van der Waals surface area contributed by atoms with E-state index in [-0.39, 0.29) is 28.5 Å².